The summed E-state index contributed by atoms with van der Waals surface area (Å²) in [6.07, 6.45) is 3.05. The van der Waals surface area contributed by atoms with Crippen LogP contribution in [-0.2, 0) is 6.42 Å². The van der Waals surface area contributed by atoms with Crippen molar-refractivity contribution < 1.29 is 14.3 Å². The molecular weight excluding hydrogens is 434 g/mol. The number of nitrogens with zero attached hydrogens (tertiary/aromatic N) is 3. The maximum Gasteiger partial charge on any atom is 0.274 e. The number of ether oxygens (including phenoxy) is 2. The first-order chi connectivity index (χ1) is 16.0. The van der Waals surface area contributed by atoms with Crippen LogP contribution in [0, 0.1) is 24.2 Å². The molecular formula is C26H27N3O3S. The number of methoxy groups -OCH3 is 2. The van der Waals surface area contributed by atoms with Crippen molar-refractivity contribution in [2.45, 2.75) is 26.2 Å². The number of aryl methyl sites for hydroxylation is 1. The van der Waals surface area contributed by atoms with Gasteiger partial charge in [-0.25, -0.2) is 4.98 Å². The third-order valence-corrected chi connectivity index (χ3v) is 6.81. The van der Waals surface area contributed by atoms with E-state index >= 15 is 0 Å². The maximum absolute atomic E-state index is 13.7. The smallest absolute Gasteiger partial charge is 0.274 e. The first-order valence-corrected chi connectivity index (χ1v) is 11.8. The maximum atomic E-state index is 13.7. The Hall–Kier alpha value is -3.37. The molecule has 6 nitrogen and oxygen atoms in total. The minimum absolute atomic E-state index is 0.0360. The average molecular weight is 462 g/mol. The van der Waals surface area contributed by atoms with E-state index in [4.69, 9.17) is 14.7 Å². The van der Waals surface area contributed by atoms with Crippen LogP contribution < -0.4 is 9.47 Å². The topological polar surface area (TPSA) is 75.5 Å². The second-order valence-electron chi connectivity index (χ2n) is 8.23. The summed E-state index contributed by atoms with van der Waals surface area (Å²) in [6.45, 7) is 3.27. The van der Waals surface area contributed by atoms with Gasteiger partial charge in [-0.3, -0.25) is 4.79 Å². The monoisotopic (exact) mass is 461 g/mol. The molecule has 1 saturated carbocycles. The number of carbonyl (C=O) groups excluding carboxylic acids is 1. The Morgan fingerprint density at radius 3 is 2.52 bits per heavy atom. The Labute approximate surface area is 198 Å². The lowest BCUT2D eigenvalue weighted by atomic mass is 10.1. The Bertz CT molecular complexity index is 1180. The zero-order chi connectivity index (χ0) is 23.4. The second-order valence-corrected chi connectivity index (χ2v) is 9.44. The van der Waals surface area contributed by atoms with Gasteiger partial charge in [0, 0.05) is 13.1 Å². The lowest BCUT2D eigenvalue weighted by Gasteiger charge is -2.23. The predicted molar refractivity (Wildman–Crippen MR) is 129 cm³/mol. The molecule has 1 aliphatic carbocycles. The first-order valence-electron chi connectivity index (χ1n) is 11.0. The first kappa shape index (κ1) is 22.8. The Balaban J connectivity index is 1.57. The summed E-state index contributed by atoms with van der Waals surface area (Å²) in [6, 6.07) is 15.3. The number of hydrogen-bond donors (Lipinski definition) is 0. The lowest BCUT2D eigenvalue weighted by Crippen LogP contribution is -2.35. The Morgan fingerprint density at radius 1 is 1.15 bits per heavy atom. The Kier molecular flexibility index (Phi) is 6.95. The number of hydrogen-bond acceptors (Lipinski definition) is 6. The van der Waals surface area contributed by atoms with Crippen molar-refractivity contribution in [1.29, 1.82) is 5.26 Å². The van der Waals surface area contributed by atoms with Gasteiger partial charge >= 0.3 is 0 Å². The average Bonchev–Trinajstić information content (AvgIpc) is 3.59. The van der Waals surface area contributed by atoms with Gasteiger partial charge in [0.25, 0.3) is 5.91 Å². The standard InChI is InChI=1S/C26H27N3O3S/c1-17-28-24(25(33-17)21-9-6-19(15-27)7-10-21)26(30)29(16-20-4-5-20)13-12-18-8-11-22(31-2)23(14-18)32-3/h6-11,14,20H,4-5,12-13,16H2,1-3H3. The van der Waals surface area contributed by atoms with E-state index in [1.54, 1.807) is 26.4 Å². The summed E-state index contributed by atoms with van der Waals surface area (Å²) in [5.74, 6) is 1.91. The molecule has 1 fully saturated rings. The van der Waals surface area contributed by atoms with Crippen LogP contribution in [0.2, 0.25) is 0 Å². The highest BCUT2D eigenvalue weighted by Gasteiger charge is 2.30. The highest BCUT2D eigenvalue weighted by Crippen LogP contribution is 2.34. The molecule has 1 heterocycles. The zero-order valence-corrected chi connectivity index (χ0v) is 19.9. The van der Waals surface area contributed by atoms with Crippen molar-refractivity contribution in [3.63, 3.8) is 0 Å². The molecule has 1 aromatic heterocycles. The van der Waals surface area contributed by atoms with Crippen LogP contribution in [-0.4, -0.2) is 43.1 Å². The van der Waals surface area contributed by atoms with Gasteiger partial charge in [-0.2, -0.15) is 5.26 Å². The van der Waals surface area contributed by atoms with Crippen molar-refractivity contribution in [2.75, 3.05) is 27.3 Å². The van der Waals surface area contributed by atoms with Crippen molar-refractivity contribution in [3.05, 3.63) is 64.3 Å². The fourth-order valence-electron chi connectivity index (χ4n) is 3.80. The van der Waals surface area contributed by atoms with Gasteiger partial charge in [-0.1, -0.05) is 18.2 Å². The van der Waals surface area contributed by atoms with Crippen molar-refractivity contribution in [2.24, 2.45) is 5.92 Å². The lowest BCUT2D eigenvalue weighted by molar-refractivity contribution is 0.0745. The quantitative estimate of drug-likeness (QED) is 0.443. The van der Waals surface area contributed by atoms with E-state index in [0.717, 1.165) is 27.6 Å². The normalized spacial score (nSPS) is 12.8. The molecule has 0 radical (unpaired) electrons. The third-order valence-electron chi connectivity index (χ3n) is 5.79. The van der Waals surface area contributed by atoms with E-state index in [1.807, 2.05) is 42.2 Å². The highest BCUT2D eigenvalue weighted by molar-refractivity contribution is 7.15. The van der Waals surface area contributed by atoms with Crippen LogP contribution >= 0.6 is 11.3 Å². The van der Waals surface area contributed by atoms with E-state index < -0.39 is 0 Å². The third kappa shape index (κ3) is 5.35. The molecule has 0 saturated heterocycles. The number of aromatic nitrogens is 1. The van der Waals surface area contributed by atoms with E-state index in [2.05, 4.69) is 11.1 Å². The van der Waals surface area contributed by atoms with Crippen LogP contribution in [0.3, 0.4) is 0 Å². The number of thiazole rings is 1. The molecule has 0 spiro atoms. The highest BCUT2D eigenvalue weighted by atomic mass is 32.1. The predicted octanol–water partition coefficient (Wildman–Crippen LogP) is 5.10. The zero-order valence-electron chi connectivity index (χ0n) is 19.1. The van der Waals surface area contributed by atoms with E-state index in [0.29, 0.717) is 41.6 Å². The second kappa shape index (κ2) is 10.1. The van der Waals surface area contributed by atoms with Gasteiger partial charge in [0.05, 0.1) is 35.7 Å². The number of nitriles is 1. The molecule has 33 heavy (non-hydrogen) atoms. The van der Waals surface area contributed by atoms with E-state index in [9.17, 15) is 4.79 Å². The van der Waals surface area contributed by atoms with Gasteiger partial charge in [0.2, 0.25) is 0 Å². The molecule has 3 aromatic rings. The SMILES string of the molecule is COc1ccc(CCN(CC2CC2)C(=O)c2nc(C)sc2-c2ccc(C#N)cc2)cc1OC. The van der Waals surface area contributed by atoms with Gasteiger partial charge in [-0.05, 0) is 67.5 Å². The van der Waals surface area contributed by atoms with Crippen LogP contribution in [0.15, 0.2) is 42.5 Å². The molecule has 0 bridgehead atoms. The van der Waals surface area contributed by atoms with Crippen LogP contribution in [0.25, 0.3) is 10.4 Å². The minimum Gasteiger partial charge on any atom is -0.493 e. The van der Waals surface area contributed by atoms with Crippen molar-refractivity contribution in [3.8, 4) is 28.0 Å². The number of rotatable bonds is 9. The van der Waals surface area contributed by atoms with Crippen LogP contribution in [0.4, 0.5) is 0 Å². The van der Waals surface area contributed by atoms with Gasteiger partial charge in [0.15, 0.2) is 11.5 Å². The molecule has 0 atom stereocenters. The molecule has 1 amide bonds. The molecule has 0 N–H and O–H groups in total. The van der Waals surface area contributed by atoms with Crippen LogP contribution in [0.5, 0.6) is 11.5 Å². The van der Waals surface area contributed by atoms with Gasteiger partial charge in [0.1, 0.15) is 5.69 Å². The molecule has 1 aliphatic rings. The molecule has 2 aromatic carbocycles. The summed E-state index contributed by atoms with van der Waals surface area (Å²) in [7, 11) is 3.24. The molecule has 0 aliphatic heterocycles. The van der Waals surface area contributed by atoms with Gasteiger partial charge < -0.3 is 14.4 Å². The Morgan fingerprint density at radius 2 is 1.88 bits per heavy atom. The molecule has 4 rings (SSSR count). The summed E-state index contributed by atoms with van der Waals surface area (Å²) >= 11 is 1.51. The number of benzene rings is 2. The van der Waals surface area contributed by atoms with Crippen molar-refractivity contribution >= 4 is 17.2 Å². The largest absolute Gasteiger partial charge is 0.493 e. The summed E-state index contributed by atoms with van der Waals surface area (Å²) < 4.78 is 10.8. The molecule has 7 heteroatoms. The fourth-order valence-corrected chi connectivity index (χ4v) is 4.72. The van der Waals surface area contributed by atoms with Gasteiger partial charge in [-0.15, -0.1) is 11.3 Å². The summed E-state index contributed by atoms with van der Waals surface area (Å²) in [5, 5.41) is 9.94. The fraction of sp³-hybridized carbons (Fsp3) is 0.346. The minimum atomic E-state index is -0.0360. The van der Waals surface area contributed by atoms with Crippen LogP contribution in [0.1, 0.15) is 39.5 Å². The van der Waals surface area contributed by atoms with E-state index in [1.165, 1.54) is 24.2 Å². The summed E-state index contributed by atoms with van der Waals surface area (Å²) in [5.41, 5.74) is 3.09. The number of carbonyl (C=O) groups is 1. The molecule has 170 valence electrons. The number of amides is 1. The summed E-state index contributed by atoms with van der Waals surface area (Å²) in [4.78, 5) is 21.1. The van der Waals surface area contributed by atoms with E-state index in [-0.39, 0.29) is 5.91 Å². The van der Waals surface area contributed by atoms with Crippen molar-refractivity contribution in [1.82, 2.24) is 9.88 Å². The molecule has 0 unspecified atom stereocenters.